The highest BCUT2D eigenvalue weighted by Gasteiger charge is 2.57. The van der Waals surface area contributed by atoms with Crippen LogP contribution < -0.4 is 4.90 Å². The highest BCUT2D eigenvalue weighted by atomic mass is 19.1. The van der Waals surface area contributed by atoms with Gasteiger partial charge in [-0.25, -0.2) is 8.78 Å². The fraction of sp³-hybridized carbons (Fsp3) is 0.500. The van der Waals surface area contributed by atoms with Crippen LogP contribution in [0.2, 0.25) is 0 Å². The van der Waals surface area contributed by atoms with Crippen LogP contribution in [0.3, 0.4) is 0 Å². The first-order chi connectivity index (χ1) is 10.6. The van der Waals surface area contributed by atoms with Gasteiger partial charge in [-0.2, -0.15) is 14.4 Å². The molecule has 0 N–H and O–H groups in total. The summed E-state index contributed by atoms with van der Waals surface area (Å²) in [5.41, 5.74) is -0.00353. The van der Waals surface area contributed by atoms with E-state index in [1.165, 1.54) is 13.1 Å². The van der Waals surface area contributed by atoms with Crippen molar-refractivity contribution in [3.63, 3.8) is 0 Å². The topological polar surface area (TPSA) is 51.1 Å². The van der Waals surface area contributed by atoms with Crippen molar-refractivity contribution in [3.05, 3.63) is 23.8 Å². The SMILES string of the molecule is Cc1ncc2c(N3CCCOC4C(F)C43)nc(F)nc2c1F. The average Bonchev–Trinajstić information content (AvgIpc) is 3.18. The molecule has 8 heteroatoms. The van der Waals surface area contributed by atoms with Crippen LogP contribution in [0, 0.1) is 18.8 Å². The molecule has 0 amide bonds. The van der Waals surface area contributed by atoms with E-state index in [1.807, 2.05) is 0 Å². The van der Waals surface area contributed by atoms with Gasteiger partial charge in [0.25, 0.3) is 0 Å². The number of alkyl halides is 1. The number of rotatable bonds is 1. The zero-order valence-electron chi connectivity index (χ0n) is 11.8. The molecule has 3 heterocycles. The van der Waals surface area contributed by atoms with Gasteiger partial charge < -0.3 is 9.64 Å². The van der Waals surface area contributed by atoms with Crippen LogP contribution in [0.25, 0.3) is 10.9 Å². The van der Waals surface area contributed by atoms with Crippen LogP contribution >= 0.6 is 0 Å². The van der Waals surface area contributed by atoms with Gasteiger partial charge in [0.15, 0.2) is 12.0 Å². The van der Waals surface area contributed by atoms with E-state index in [-0.39, 0.29) is 22.4 Å². The molecule has 2 aromatic heterocycles. The number of hydrogen-bond acceptors (Lipinski definition) is 5. The molecule has 4 rings (SSSR count). The number of halogens is 3. The van der Waals surface area contributed by atoms with Crippen LogP contribution in [-0.4, -0.2) is 46.4 Å². The van der Waals surface area contributed by atoms with Crippen molar-refractivity contribution < 1.29 is 17.9 Å². The third-order valence-corrected chi connectivity index (χ3v) is 4.13. The van der Waals surface area contributed by atoms with Gasteiger partial charge in [-0.05, 0) is 13.3 Å². The van der Waals surface area contributed by atoms with E-state index in [0.29, 0.717) is 19.6 Å². The van der Waals surface area contributed by atoms with Gasteiger partial charge in [0.1, 0.15) is 17.4 Å². The quantitative estimate of drug-likeness (QED) is 0.753. The van der Waals surface area contributed by atoms with E-state index in [0.717, 1.165) is 0 Å². The Morgan fingerprint density at radius 2 is 2.14 bits per heavy atom. The van der Waals surface area contributed by atoms with Gasteiger partial charge >= 0.3 is 6.08 Å². The van der Waals surface area contributed by atoms with Crippen LogP contribution in [0.15, 0.2) is 6.20 Å². The lowest BCUT2D eigenvalue weighted by Gasteiger charge is -2.23. The van der Waals surface area contributed by atoms with Crippen molar-refractivity contribution in [2.75, 3.05) is 18.1 Å². The van der Waals surface area contributed by atoms with E-state index in [9.17, 15) is 13.2 Å². The predicted octanol–water partition coefficient (Wildman–Crippen LogP) is 1.93. The summed E-state index contributed by atoms with van der Waals surface area (Å²) in [7, 11) is 0. The van der Waals surface area contributed by atoms with Gasteiger partial charge in [0.05, 0.1) is 17.1 Å². The maximum atomic E-state index is 14.2. The summed E-state index contributed by atoms with van der Waals surface area (Å²) in [5, 5.41) is 0.282. The lowest BCUT2D eigenvalue weighted by atomic mass is 10.2. The molecular formula is C14H13F3N4O. The summed E-state index contributed by atoms with van der Waals surface area (Å²) in [6, 6.07) is -0.510. The van der Waals surface area contributed by atoms with E-state index < -0.39 is 30.2 Å². The Hall–Kier alpha value is -1.96. The van der Waals surface area contributed by atoms with Gasteiger partial charge in [-0.1, -0.05) is 0 Å². The molecule has 0 bridgehead atoms. The van der Waals surface area contributed by atoms with Gasteiger partial charge in [-0.3, -0.25) is 4.98 Å². The number of pyridine rings is 1. The second-order valence-corrected chi connectivity index (χ2v) is 5.55. The summed E-state index contributed by atoms with van der Waals surface area (Å²) in [6.07, 6.45) is -0.645. The number of hydrogen-bond donors (Lipinski definition) is 0. The van der Waals surface area contributed by atoms with Gasteiger partial charge in [-0.15, -0.1) is 0 Å². The fourth-order valence-corrected chi connectivity index (χ4v) is 2.95. The number of anilines is 1. The van der Waals surface area contributed by atoms with Gasteiger partial charge in [0.2, 0.25) is 0 Å². The molecule has 2 aromatic rings. The smallest absolute Gasteiger partial charge is 0.311 e. The minimum absolute atomic E-state index is 0.128. The molecule has 22 heavy (non-hydrogen) atoms. The van der Waals surface area contributed by atoms with E-state index >= 15 is 0 Å². The van der Waals surface area contributed by atoms with Gasteiger partial charge in [0, 0.05) is 19.3 Å². The zero-order chi connectivity index (χ0) is 15.4. The summed E-state index contributed by atoms with van der Waals surface area (Å²) >= 11 is 0. The number of nitrogens with zero attached hydrogens (tertiary/aromatic N) is 4. The Labute approximate surface area is 124 Å². The Bertz CT molecular complexity index is 756. The summed E-state index contributed by atoms with van der Waals surface area (Å²) < 4.78 is 47.1. The molecular weight excluding hydrogens is 297 g/mol. The third kappa shape index (κ3) is 1.93. The standard InChI is InChI=1S/C14H13F3N4O/c1-6-8(15)10-7(5-18-6)13(20-14(17)19-10)21-3-2-4-22-12-9(16)11(12)21/h5,9,11-12H,2-4H2,1H3. The van der Waals surface area contributed by atoms with Crippen molar-refractivity contribution in [2.45, 2.75) is 31.7 Å². The Balaban J connectivity index is 1.89. The van der Waals surface area contributed by atoms with Crippen molar-refractivity contribution in [3.8, 4) is 0 Å². The molecule has 1 saturated carbocycles. The second-order valence-electron chi connectivity index (χ2n) is 5.55. The average molecular weight is 310 g/mol. The second kappa shape index (κ2) is 4.77. The first-order valence-corrected chi connectivity index (χ1v) is 7.08. The molecule has 116 valence electrons. The highest BCUT2D eigenvalue weighted by Crippen LogP contribution is 2.41. The number of aryl methyl sites for hydroxylation is 1. The first-order valence-electron chi connectivity index (χ1n) is 7.08. The van der Waals surface area contributed by atoms with E-state index in [4.69, 9.17) is 4.74 Å². The summed E-state index contributed by atoms with van der Waals surface area (Å²) in [5.74, 6) is -0.509. The van der Waals surface area contributed by atoms with Crippen molar-refractivity contribution in [1.82, 2.24) is 15.0 Å². The van der Waals surface area contributed by atoms with Crippen molar-refractivity contribution in [1.29, 1.82) is 0 Å². The monoisotopic (exact) mass is 310 g/mol. The normalized spacial score (nSPS) is 27.6. The van der Waals surface area contributed by atoms with E-state index in [1.54, 1.807) is 4.90 Å². The molecule has 5 nitrogen and oxygen atoms in total. The highest BCUT2D eigenvalue weighted by molar-refractivity contribution is 5.89. The molecule has 0 aromatic carbocycles. The maximum Gasteiger partial charge on any atom is 0.311 e. The minimum Gasteiger partial charge on any atom is -0.373 e. The lowest BCUT2D eigenvalue weighted by Crippen LogP contribution is -2.30. The Kier molecular flexibility index (Phi) is 2.97. The summed E-state index contributed by atoms with van der Waals surface area (Å²) in [4.78, 5) is 12.9. The molecule has 3 unspecified atom stereocenters. The van der Waals surface area contributed by atoms with Crippen LogP contribution in [0.4, 0.5) is 19.0 Å². The minimum atomic E-state index is -1.14. The predicted molar refractivity (Wildman–Crippen MR) is 72.4 cm³/mol. The molecule has 2 fully saturated rings. The third-order valence-electron chi connectivity index (χ3n) is 4.13. The number of aromatic nitrogens is 3. The molecule has 1 aliphatic heterocycles. The number of ether oxygens (including phenoxy) is 1. The lowest BCUT2D eigenvalue weighted by molar-refractivity contribution is 0.105. The van der Waals surface area contributed by atoms with Crippen molar-refractivity contribution >= 4 is 16.7 Å². The molecule has 1 saturated heterocycles. The van der Waals surface area contributed by atoms with Crippen LogP contribution in [-0.2, 0) is 4.74 Å². The van der Waals surface area contributed by atoms with Crippen molar-refractivity contribution in [2.24, 2.45) is 0 Å². The first kappa shape index (κ1) is 13.7. The van der Waals surface area contributed by atoms with E-state index in [2.05, 4.69) is 15.0 Å². The molecule has 3 atom stereocenters. The molecule has 0 radical (unpaired) electrons. The molecule has 2 aliphatic rings. The molecule has 0 spiro atoms. The Morgan fingerprint density at radius 1 is 1.32 bits per heavy atom. The molecule has 1 aliphatic carbocycles. The van der Waals surface area contributed by atoms with Crippen LogP contribution in [0.1, 0.15) is 12.1 Å². The number of fused-ring (bicyclic) bond motifs is 2. The summed E-state index contributed by atoms with van der Waals surface area (Å²) in [6.45, 7) is 2.38. The zero-order valence-corrected chi connectivity index (χ0v) is 11.8. The Morgan fingerprint density at radius 3 is 2.95 bits per heavy atom. The fourth-order valence-electron chi connectivity index (χ4n) is 2.95. The largest absolute Gasteiger partial charge is 0.373 e. The van der Waals surface area contributed by atoms with Crippen LogP contribution in [0.5, 0.6) is 0 Å². The maximum absolute atomic E-state index is 14.2.